The van der Waals surface area contributed by atoms with Crippen molar-refractivity contribution in [1.82, 2.24) is 5.32 Å². The standard InChI is InChI=1S/C15H21Cl2NO/c1-11(13-5-6-14(16)15(17)9-13)18-7-2-8-19-10-12-3-4-12/h5-6,9,11-12,18H,2-4,7-8,10H2,1H3. The summed E-state index contributed by atoms with van der Waals surface area (Å²) in [6.07, 6.45) is 3.75. The molecule has 1 fully saturated rings. The summed E-state index contributed by atoms with van der Waals surface area (Å²) < 4.78 is 5.60. The summed E-state index contributed by atoms with van der Waals surface area (Å²) in [5, 5.41) is 4.68. The van der Waals surface area contributed by atoms with Crippen LogP contribution in [0.2, 0.25) is 10.0 Å². The quantitative estimate of drug-likeness (QED) is 0.716. The maximum absolute atomic E-state index is 6.02. The second kappa shape index (κ2) is 7.49. The van der Waals surface area contributed by atoms with Gasteiger partial charge in [0.2, 0.25) is 0 Å². The zero-order valence-corrected chi connectivity index (χ0v) is 12.8. The van der Waals surface area contributed by atoms with Crippen LogP contribution in [-0.4, -0.2) is 19.8 Å². The lowest BCUT2D eigenvalue weighted by Gasteiger charge is -2.15. The van der Waals surface area contributed by atoms with Gasteiger partial charge in [0.25, 0.3) is 0 Å². The van der Waals surface area contributed by atoms with E-state index < -0.39 is 0 Å². The molecule has 0 amide bonds. The van der Waals surface area contributed by atoms with Crippen molar-refractivity contribution in [3.05, 3.63) is 33.8 Å². The smallest absolute Gasteiger partial charge is 0.0595 e. The van der Waals surface area contributed by atoms with E-state index in [0.29, 0.717) is 10.0 Å². The van der Waals surface area contributed by atoms with Crippen LogP contribution < -0.4 is 5.32 Å². The number of halogens is 2. The zero-order valence-electron chi connectivity index (χ0n) is 11.3. The number of hydrogen-bond donors (Lipinski definition) is 1. The van der Waals surface area contributed by atoms with Gasteiger partial charge in [-0.3, -0.25) is 0 Å². The third-order valence-corrected chi connectivity index (χ3v) is 4.15. The Morgan fingerprint density at radius 3 is 2.79 bits per heavy atom. The van der Waals surface area contributed by atoms with Gasteiger partial charge in [0.15, 0.2) is 0 Å². The summed E-state index contributed by atoms with van der Waals surface area (Å²) in [6, 6.07) is 6.05. The number of ether oxygens (including phenoxy) is 1. The Balaban J connectivity index is 1.62. The molecule has 1 aromatic rings. The van der Waals surface area contributed by atoms with Crippen LogP contribution in [-0.2, 0) is 4.74 Å². The SMILES string of the molecule is CC(NCCCOCC1CC1)c1ccc(Cl)c(Cl)c1. The highest BCUT2D eigenvalue weighted by molar-refractivity contribution is 6.42. The average Bonchev–Trinajstić information content (AvgIpc) is 3.20. The van der Waals surface area contributed by atoms with Crippen LogP contribution in [0.5, 0.6) is 0 Å². The van der Waals surface area contributed by atoms with E-state index in [-0.39, 0.29) is 6.04 Å². The van der Waals surface area contributed by atoms with Crippen molar-refractivity contribution in [1.29, 1.82) is 0 Å². The lowest BCUT2D eigenvalue weighted by molar-refractivity contribution is 0.121. The second-order valence-electron chi connectivity index (χ2n) is 5.22. The molecular weight excluding hydrogens is 281 g/mol. The molecule has 2 rings (SSSR count). The van der Waals surface area contributed by atoms with E-state index in [1.807, 2.05) is 18.2 Å². The first-order valence-electron chi connectivity index (χ1n) is 6.93. The summed E-state index contributed by atoms with van der Waals surface area (Å²) in [4.78, 5) is 0. The number of hydrogen-bond acceptors (Lipinski definition) is 2. The van der Waals surface area contributed by atoms with Crippen molar-refractivity contribution in [2.24, 2.45) is 5.92 Å². The molecule has 1 N–H and O–H groups in total. The van der Waals surface area contributed by atoms with Gasteiger partial charge in [0, 0.05) is 19.3 Å². The van der Waals surface area contributed by atoms with Gasteiger partial charge in [-0.15, -0.1) is 0 Å². The average molecular weight is 302 g/mol. The molecule has 0 radical (unpaired) electrons. The molecule has 1 unspecified atom stereocenters. The summed E-state index contributed by atoms with van der Waals surface area (Å²) >= 11 is 11.9. The Hall–Kier alpha value is -0.280. The van der Waals surface area contributed by atoms with Crippen molar-refractivity contribution in [2.75, 3.05) is 19.8 Å². The molecule has 0 aromatic heterocycles. The maximum Gasteiger partial charge on any atom is 0.0595 e. The summed E-state index contributed by atoms with van der Waals surface area (Å²) in [6.45, 7) is 4.87. The molecule has 106 valence electrons. The number of rotatable bonds is 8. The fourth-order valence-corrected chi connectivity index (χ4v) is 2.23. The lowest BCUT2D eigenvalue weighted by Crippen LogP contribution is -2.21. The van der Waals surface area contributed by atoms with Crippen LogP contribution in [0.4, 0.5) is 0 Å². The number of nitrogens with one attached hydrogen (secondary N) is 1. The van der Waals surface area contributed by atoms with Crippen molar-refractivity contribution in [3.63, 3.8) is 0 Å². The lowest BCUT2D eigenvalue weighted by atomic mass is 10.1. The molecule has 1 atom stereocenters. The second-order valence-corrected chi connectivity index (χ2v) is 6.04. The Morgan fingerprint density at radius 1 is 1.32 bits per heavy atom. The van der Waals surface area contributed by atoms with Crippen LogP contribution in [0.25, 0.3) is 0 Å². The third kappa shape index (κ3) is 5.31. The highest BCUT2D eigenvalue weighted by atomic mass is 35.5. The van der Waals surface area contributed by atoms with Crippen molar-refractivity contribution < 1.29 is 4.74 Å². The fourth-order valence-electron chi connectivity index (χ4n) is 1.93. The maximum atomic E-state index is 6.02. The summed E-state index contributed by atoms with van der Waals surface area (Å²) in [5.41, 5.74) is 1.16. The molecular formula is C15H21Cl2NO. The Labute approximate surface area is 125 Å². The normalized spacial score (nSPS) is 16.6. The van der Waals surface area contributed by atoms with Gasteiger partial charge in [0.05, 0.1) is 10.0 Å². The minimum atomic E-state index is 0.276. The molecule has 0 saturated heterocycles. The van der Waals surface area contributed by atoms with Crippen LogP contribution in [0.15, 0.2) is 18.2 Å². The highest BCUT2D eigenvalue weighted by Gasteiger charge is 2.20. The molecule has 1 aromatic carbocycles. The molecule has 2 nitrogen and oxygen atoms in total. The molecule has 0 bridgehead atoms. The fraction of sp³-hybridized carbons (Fsp3) is 0.600. The largest absolute Gasteiger partial charge is 0.381 e. The Bertz CT molecular complexity index is 407. The van der Waals surface area contributed by atoms with E-state index in [1.54, 1.807) is 0 Å². The van der Waals surface area contributed by atoms with E-state index in [0.717, 1.165) is 37.7 Å². The van der Waals surface area contributed by atoms with Gasteiger partial charge in [-0.25, -0.2) is 0 Å². The predicted molar refractivity (Wildman–Crippen MR) is 81.0 cm³/mol. The molecule has 4 heteroatoms. The first kappa shape index (κ1) is 15.1. The van der Waals surface area contributed by atoms with Crippen molar-refractivity contribution in [3.8, 4) is 0 Å². The van der Waals surface area contributed by atoms with E-state index in [4.69, 9.17) is 27.9 Å². The van der Waals surface area contributed by atoms with Crippen LogP contribution in [0.3, 0.4) is 0 Å². The van der Waals surface area contributed by atoms with Gasteiger partial charge < -0.3 is 10.1 Å². The van der Waals surface area contributed by atoms with E-state index in [1.165, 1.54) is 12.8 Å². The van der Waals surface area contributed by atoms with Gasteiger partial charge in [0.1, 0.15) is 0 Å². The Morgan fingerprint density at radius 2 is 2.11 bits per heavy atom. The topological polar surface area (TPSA) is 21.3 Å². The minimum Gasteiger partial charge on any atom is -0.381 e. The molecule has 1 aliphatic rings. The highest BCUT2D eigenvalue weighted by Crippen LogP contribution is 2.28. The molecule has 1 aliphatic carbocycles. The number of benzene rings is 1. The Kier molecular flexibility index (Phi) is 5.96. The summed E-state index contributed by atoms with van der Waals surface area (Å²) in [7, 11) is 0. The summed E-state index contributed by atoms with van der Waals surface area (Å²) in [5.74, 6) is 0.850. The van der Waals surface area contributed by atoms with E-state index in [9.17, 15) is 0 Å². The van der Waals surface area contributed by atoms with Gasteiger partial charge >= 0.3 is 0 Å². The molecule has 1 saturated carbocycles. The van der Waals surface area contributed by atoms with E-state index in [2.05, 4.69) is 12.2 Å². The van der Waals surface area contributed by atoms with Gasteiger partial charge in [-0.2, -0.15) is 0 Å². The minimum absolute atomic E-state index is 0.276. The van der Waals surface area contributed by atoms with Crippen LogP contribution in [0.1, 0.15) is 37.8 Å². The van der Waals surface area contributed by atoms with Crippen molar-refractivity contribution >= 4 is 23.2 Å². The molecule has 19 heavy (non-hydrogen) atoms. The molecule has 0 heterocycles. The molecule has 0 spiro atoms. The van der Waals surface area contributed by atoms with Crippen LogP contribution >= 0.6 is 23.2 Å². The predicted octanol–water partition coefficient (Wildman–Crippen LogP) is 4.46. The van der Waals surface area contributed by atoms with E-state index >= 15 is 0 Å². The van der Waals surface area contributed by atoms with Crippen molar-refractivity contribution in [2.45, 2.75) is 32.2 Å². The first-order chi connectivity index (χ1) is 9.16. The molecule has 0 aliphatic heterocycles. The van der Waals surface area contributed by atoms with Gasteiger partial charge in [-0.1, -0.05) is 29.3 Å². The van der Waals surface area contributed by atoms with Crippen LogP contribution in [0, 0.1) is 5.92 Å². The third-order valence-electron chi connectivity index (χ3n) is 3.41. The van der Waals surface area contributed by atoms with Gasteiger partial charge in [-0.05, 0) is 56.3 Å². The monoisotopic (exact) mass is 301 g/mol. The zero-order chi connectivity index (χ0) is 13.7. The first-order valence-corrected chi connectivity index (χ1v) is 7.68.